The van der Waals surface area contributed by atoms with Crippen LogP contribution in [0.15, 0.2) is 22.8 Å². The fraction of sp³-hybridized carbons (Fsp3) is 0.667. The van der Waals surface area contributed by atoms with Crippen molar-refractivity contribution in [2.45, 2.75) is 20.4 Å². The first-order valence-corrected chi connectivity index (χ1v) is 6.08. The van der Waals surface area contributed by atoms with E-state index in [0.29, 0.717) is 11.8 Å². The molecule has 0 radical (unpaired) electrons. The van der Waals surface area contributed by atoms with Gasteiger partial charge in [-0.2, -0.15) is 12.6 Å². The van der Waals surface area contributed by atoms with Gasteiger partial charge < -0.3 is 4.42 Å². The maximum absolute atomic E-state index is 5.32. The predicted octanol–water partition coefficient (Wildman–Crippen LogP) is 2.91. The minimum Gasteiger partial charge on any atom is -0.468 e. The summed E-state index contributed by atoms with van der Waals surface area (Å²) in [5.74, 6) is 3.30. The van der Waals surface area contributed by atoms with E-state index in [1.807, 2.05) is 12.1 Å². The van der Waals surface area contributed by atoms with Crippen molar-refractivity contribution in [2.24, 2.45) is 11.8 Å². The summed E-state index contributed by atoms with van der Waals surface area (Å²) >= 11 is 4.39. The van der Waals surface area contributed by atoms with Crippen LogP contribution in [0.2, 0.25) is 0 Å². The van der Waals surface area contributed by atoms with Gasteiger partial charge in [0.05, 0.1) is 12.8 Å². The van der Waals surface area contributed by atoms with Crippen molar-refractivity contribution < 1.29 is 4.42 Å². The molecule has 0 aromatic carbocycles. The number of furan rings is 1. The topological polar surface area (TPSA) is 16.4 Å². The summed E-state index contributed by atoms with van der Waals surface area (Å²) in [5.41, 5.74) is 0. The van der Waals surface area contributed by atoms with E-state index in [2.05, 4.69) is 38.4 Å². The minimum absolute atomic E-state index is 0.647. The van der Waals surface area contributed by atoms with Gasteiger partial charge in [0.1, 0.15) is 5.76 Å². The van der Waals surface area contributed by atoms with E-state index in [1.165, 1.54) is 0 Å². The Bertz CT molecular complexity index is 259. The average molecular weight is 227 g/mol. The Morgan fingerprint density at radius 3 is 2.67 bits per heavy atom. The van der Waals surface area contributed by atoms with E-state index in [1.54, 1.807) is 6.26 Å². The molecule has 2 nitrogen and oxygen atoms in total. The Labute approximate surface area is 98.1 Å². The Balaban J connectivity index is 2.37. The van der Waals surface area contributed by atoms with E-state index in [4.69, 9.17) is 4.42 Å². The second-order valence-electron chi connectivity index (χ2n) is 4.46. The largest absolute Gasteiger partial charge is 0.468 e. The molecule has 0 amide bonds. The zero-order chi connectivity index (χ0) is 11.3. The van der Waals surface area contributed by atoms with Crippen LogP contribution in [-0.2, 0) is 6.54 Å². The van der Waals surface area contributed by atoms with Gasteiger partial charge in [0.15, 0.2) is 0 Å². The number of hydrogen-bond acceptors (Lipinski definition) is 3. The SMILES string of the molecule is CC(C)C(CS)CN(C)Cc1ccco1. The number of rotatable bonds is 6. The van der Waals surface area contributed by atoms with Crippen molar-refractivity contribution in [3.8, 4) is 0 Å². The van der Waals surface area contributed by atoms with E-state index in [9.17, 15) is 0 Å². The van der Waals surface area contributed by atoms with Crippen LogP contribution in [0.3, 0.4) is 0 Å². The number of hydrogen-bond donors (Lipinski definition) is 1. The van der Waals surface area contributed by atoms with Gasteiger partial charge in [-0.05, 0) is 36.8 Å². The van der Waals surface area contributed by atoms with Crippen molar-refractivity contribution in [3.05, 3.63) is 24.2 Å². The van der Waals surface area contributed by atoms with Gasteiger partial charge in [-0.1, -0.05) is 13.8 Å². The highest BCUT2D eigenvalue weighted by Crippen LogP contribution is 2.15. The highest BCUT2D eigenvalue weighted by molar-refractivity contribution is 7.80. The van der Waals surface area contributed by atoms with Gasteiger partial charge in [0.25, 0.3) is 0 Å². The van der Waals surface area contributed by atoms with E-state index in [-0.39, 0.29) is 0 Å². The first-order valence-electron chi connectivity index (χ1n) is 5.45. The summed E-state index contributed by atoms with van der Waals surface area (Å²) in [7, 11) is 2.13. The Hall–Kier alpha value is -0.410. The van der Waals surface area contributed by atoms with Gasteiger partial charge in [0.2, 0.25) is 0 Å². The molecule has 0 spiro atoms. The molecule has 1 heterocycles. The lowest BCUT2D eigenvalue weighted by molar-refractivity contribution is 0.231. The summed E-state index contributed by atoms with van der Waals surface area (Å²) in [4.78, 5) is 2.29. The molecular formula is C12H21NOS. The Kier molecular flexibility index (Phi) is 5.26. The van der Waals surface area contributed by atoms with E-state index in [0.717, 1.165) is 24.6 Å². The molecular weight excluding hydrogens is 206 g/mol. The second-order valence-corrected chi connectivity index (χ2v) is 4.83. The molecule has 3 heteroatoms. The van der Waals surface area contributed by atoms with Crippen molar-refractivity contribution in [3.63, 3.8) is 0 Å². The van der Waals surface area contributed by atoms with Crippen LogP contribution >= 0.6 is 12.6 Å². The highest BCUT2D eigenvalue weighted by atomic mass is 32.1. The maximum atomic E-state index is 5.32. The first-order chi connectivity index (χ1) is 7.13. The summed E-state index contributed by atoms with van der Waals surface area (Å²) in [5, 5.41) is 0. The zero-order valence-electron chi connectivity index (χ0n) is 9.81. The molecule has 1 aromatic rings. The van der Waals surface area contributed by atoms with Crippen LogP contribution < -0.4 is 0 Å². The van der Waals surface area contributed by atoms with Gasteiger partial charge >= 0.3 is 0 Å². The Morgan fingerprint density at radius 2 is 2.20 bits per heavy atom. The highest BCUT2D eigenvalue weighted by Gasteiger charge is 2.14. The summed E-state index contributed by atoms with van der Waals surface area (Å²) < 4.78 is 5.32. The predicted molar refractivity (Wildman–Crippen MR) is 67.2 cm³/mol. The van der Waals surface area contributed by atoms with Crippen LogP contribution in [0, 0.1) is 11.8 Å². The number of thiol groups is 1. The molecule has 86 valence electrons. The lowest BCUT2D eigenvalue weighted by Gasteiger charge is -2.24. The lowest BCUT2D eigenvalue weighted by atomic mass is 9.97. The third-order valence-electron chi connectivity index (χ3n) is 2.73. The van der Waals surface area contributed by atoms with E-state index < -0.39 is 0 Å². The van der Waals surface area contributed by atoms with Crippen LogP contribution in [0.4, 0.5) is 0 Å². The van der Waals surface area contributed by atoms with Crippen LogP contribution in [0.25, 0.3) is 0 Å². The normalized spacial score (nSPS) is 13.7. The van der Waals surface area contributed by atoms with Crippen LogP contribution in [0.1, 0.15) is 19.6 Å². The third-order valence-corrected chi connectivity index (χ3v) is 3.20. The van der Waals surface area contributed by atoms with Gasteiger partial charge in [0, 0.05) is 6.54 Å². The Morgan fingerprint density at radius 1 is 1.47 bits per heavy atom. The minimum atomic E-state index is 0.647. The molecule has 0 saturated heterocycles. The second kappa shape index (κ2) is 6.23. The van der Waals surface area contributed by atoms with Crippen molar-refractivity contribution in [2.75, 3.05) is 19.3 Å². The molecule has 0 fully saturated rings. The smallest absolute Gasteiger partial charge is 0.117 e. The lowest BCUT2D eigenvalue weighted by Crippen LogP contribution is -2.29. The van der Waals surface area contributed by atoms with Crippen LogP contribution in [0.5, 0.6) is 0 Å². The molecule has 1 atom stereocenters. The first kappa shape index (κ1) is 12.7. The molecule has 0 bridgehead atoms. The maximum Gasteiger partial charge on any atom is 0.117 e. The van der Waals surface area contributed by atoms with Gasteiger partial charge in [-0.25, -0.2) is 0 Å². The summed E-state index contributed by atoms with van der Waals surface area (Å²) in [6, 6.07) is 3.95. The van der Waals surface area contributed by atoms with Crippen molar-refractivity contribution in [1.82, 2.24) is 4.90 Å². The molecule has 0 aliphatic carbocycles. The number of nitrogens with zero attached hydrogens (tertiary/aromatic N) is 1. The average Bonchev–Trinajstić information content (AvgIpc) is 2.66. The van der Waals surface area contributed by atoms with Gasteiger partial charge in [-0.15, -0.1) is 0 Å². The van der Waals surface area contributed by atoms with Crippen molar-refractivity contribution in [1.29, 1.82) is 0 Å². The molecule has 0 N–H and O–H groups in total. The molecule has 15 heavy (non-hydrogen) atoms. The van der Waals surface area contributed by atoms with Gasteiger partial charge in [-0.3, -0.25) is 4.90 Å². The van der Waals surface area contributed by atoms with Crippen molar-refractivity contribution >= 4 is 12.6 Å². The fourth-order valence-corrected chi connectivity index (χ4v) is 2.15. The summed E-state index contributed by atoms with van der Waals surface area (Å²) in [6.45, 7) is 6.45. The molecule has 0 aliphatic rings. The molecule has 1 unspecified atom stereocenters. The molecule has 0 saturated carbocycles. The standard InChI is InChI=1S/C12H21NOS/c1-10(2)11(9-15)7-13(3)8-12-5-4-6-14-12/h4-6,10-11,15H,7-9H2,1-3H3. The molecule has 1 aromatic heterocycles. The van der Waals surface area contributed by atoms with E-state index >= 15 is 0 Å². The monoisotopic (exact) mass is 227 g/mol. The van der Waals surface area contributed by atoms with Crippen LogP contribution in [-0.4, -0.2) is 24.2 Å². The summed E-state index contributed by atoms with van der Waals surface area (Å²) in [6.07, 6.45) is 1.72. The molecule has 1 rings (SSSR count). The molecule has 0 aliphatic heterocycles. The zero-order valence-corrected chi connectivity index (χ0v) is 10.7. The fourth-order valence-electron chi connectivity index (χ4n) is 1.61. The third kappa shape index (κ3) is 4.31. The quantitative estimate of drug-likeness (QED) is 0.752.